The molecule has 0 saturated heterocycles. The number of aliphatic hydroxyl groups excluding tert-OH is 1. The van der Waals surface area contributed by atoms with Crippen molar-refractivity contribution in [1.82, 2.24) is 9.97 Å². The van der Waals surface area contributed by atoms with Crippen LogP contribution >= 0.6 is 0 Å². The summed E-state index contributed by atoms with van der Waals surface area (Å²) < 4.78 is 5.67. The second kappa shape index (κ2) is 8.67. The predicted octanol–water partition coefficient (Wildman–Crippen LogP) is 2.99. The van der Waals surface area contributed by atoms with Crippen LogP contribution in [0.4, 0.5) is 11.8 Å². The molecule has 3 N–H and O–H groups in total. The molecule has 0 amide bonds. The molecule has 25 heavy (non-hydrogen) atoms. The first-order valence-electron chi connectivity index (χ1n) is 8.91. The molecule has 0 aliphatic heterocycles. The number of benzene rings is 1. The maximum absolute atomic E-state index is 9.60. The van der Waals surface area contributed by atoms with Crippen molar-refractivity contribution >= 4 is 11.8 Å². The summed E-state index contributed by atoms with van der Waals surface area (Å²) in [6, 6.07) is 12.0. The van der Waals surface area contributed by atoms with Crippen molar-refractivity contribution in [2.75, 3.05) is 23.8 Å². The monoisotopic (exact) mass is 342 g/mol. The molecule has 1 aliphatic rings. The van der Waals surface area contributed by atoms with Gasteiger partial charge < -0.3 is 20.5 Å². The first-order valence-corrected chi connectivity index (χ1v) is 8.91. The van der Waals surface area contributed by atoms with E-state index in [9.17, 15) is 5.11 Å². The summed E-state index contributed by atoms with van der Waals surface area (Å²) in [6.45, 7) is 3.19. The van der Waals surface area contributed by atoms with Gasteiger partial charge in [-0.3, -0.25) is 0 Å². The number of hydrogen-bond donors (Lipinski definition) is 3. The lowest BCUT2D eigenvalue weighted by Gasteiger charge is -2.26. The van der Waals surface area contributed by atoms with E-state index in [1.807, 2.05) is 43.3 Å². The number of anilines is 2. The summed E-state index contributed by atoms with van der Waals surface area (Å²) in [5.74, 6) is 2.31. The third-order valence-electron chi connectivity index (χ3n) is 4.30. The Morgan fingerprint density at radius 1 is 1.12 bits per heavy atom. The Morgan fingerprint density at radius 3 is 2.64 bits per heavy atom. The van der Waals surface area contributed by atoms with Crippen molar-refractivity contribution < 1.29 is 9.84 Å². The molecule has 1 aliphatic carbocycles. The molecule has 1 saturated carbocycles. The summed E-state index contributed by atoms with van der Waals surface area (Å²) in [5.41, 5.74) is 0.917. The Balaban J connectivity index is 1.49. The van der Waals surface area contributed by atoms with Crippen LogP contribution in [0.15, 0.2) is 36.4 Å². The lowest BCUT2D eigenvalue weighted by Crippen LogP contribution is -2.29. The van der Waals surface area contributed by atoms with E-state index in [2.05, 4.69) is 20.6 Å². The lowest BCUT2D eigenvalue weighted by atomic mass is 9.93. The van der Waals surface area contributed by atoms with Crippen molar-refractivity contribution in [3.63, 3.8) is 0 Å². The number of aryl methyl sites for hydroxylation is 1. The standard InChI is InChI=1S/C19H26N4O2/c1-14-13-18(20-11-12-25-17-5-3-2-4-6-17)23-19(21-14)22-15-7-9-16(24)10-8-15/h2-6,13,15-16,24H,7-12H2,1H3,(H2,20,21,22,23). The van der Waals surface area contributed by atoms with E-state index in [0.717, 1.165) is 42.9 Å². The Labute approximate surface area is 148 Å². The van der Waals surface area contributed by atoms with Crippen LogP contribution in [0.25, 0.3) is 0 Å². The first-order chi connectivity index (χ1) is 12.2. The van der Waals surface area contributed by atoms with Crippen LogP contribution in [0.1, 0.15) is 31.4 Å². The highest BCUT2D eigenvalue weighted by Gasteiger charge is 2.20. The molecule has 134 valence electrons. The first kappa shape index (κ1) is 17.5. The summed E-state index contributed by atoms with van der Waals surface area (Å²) >= 11 is 0. The predicted molar refractivity (Wildman–Crippen MR) is 99.1 cm³/mol. The topological polar surface area (TPSA) is 79.3 Å². The van der Waals surface area contributed by atoms with Gasteiger partial charge in [0.25, 0.3) is 0 Å². The quantitative estimate of drug-likeness (QED) is 0.671. The SMILES string of the molecule is Cc1cc(NCCOc2ccccc2)nc(NC2CCC(O)CC2)n1. The maximum Gasteiger partial charge on any atom is 0.225 e. The number of aromatic nitrogens is 2. The van der Waals surface area contributed by atoms with Crippen LogP contribution in [0, 0.1) is 6.92 Å². The second-order valence-electron chi connectivity index (χ2n) is 6.46. The average molecular weight is 342 g/mol. The Kier molecular flexibility index (Phi) is 6.06. The van der Waals surface area contributed by atoms with Gasteiger partial charge in [0.05, 0.1) is 12.6 Å². The molecular formula is C19H26N4O2. The molecule has 0 bridgehead atoms. The van der Waals surface area contributed by atoms with E-state index >= 15 is 0 Å². The molecule has 6 nitrogen and oxygen atoms in total. The molecule has 0 radical (unpaired) electrons. The van der Waals surface area contributed by atoms with Gasteiger partial charge in [0, 0.05) is 17.8 Å². The van der Waals surface area contributed by atoms with Gasteiger partial charge in [-0.2, -0.15) is 4.98 Å². The van der Waals surface area contributed by atoms with Gasteiger partial charge in [0.2, 0.25) is 5.95 Å². The molecular weight excluding hydrogens is 316 g/mol. The molecule has 0 spiro atoms. The minimum absolute atomic E-state index is 0.154. The number of hydrogen-bond acceptors (Lipinski definition) is 6. The summed E-state index contributed by atoms with van der Waals surface area (Å²) in [6.07, 6.45) is 3.42. The van der Waals surface area contributed by atoms with E-state index in [1.165, 1.54) is 0 Å². The van der Waals surface area contributed by atoms with Crippen LogP contribution < -0.4 is 15.4 Å². The average Bonchev–Trinajstić information content (AvgIpc) is 2.61. The molecule has 3 rings (SSSR count). The van der Waals surface area contributed by atoms with Crippen molar-refractivity contribution in [2.24, 2.45) is 0 Å². The molecule has 2 aromatic rings. The van der Waals surface area contributed by atoms with E-state index < -0.39 is 0 Å². The highest BCUT2D eigenvalue weighted by molar-refractivity contribution is 5.42. The zero-order valence-electron chi connectivity index (χ0n) is 14.6. The highest BCUT2D eigenvalue weighted by Crippen LogP contribution is 2.21. The van der Waals surface area contributed by atoms with E-state index in [0.29, 0.717) is 25.1 Å². The minimum atomic E-state index is -0.154. The molecule has 0 atom stereocenters. The Hall–Kier alpha value is -2.34. The van der Waals surface area contributed by atoms with Crippen LogP contribution in [0.3, 0.4) is 0 Å². The van der Waals surface area contributed by atoms with E-state index in [-0.39, 0.29) is 6.10 Å². The molecule has 1 aromatic carbocycles. The van der Waals surface area contributed by atoms with Gasteiger partial charge in [-0.25, -0.2) is 4.98 Å². The third-order valence-corrected chi connectivity index (χ3v) is 4.30. The van der Waals surface area contributed by atoms with Crippen LogP contribution in [-0.4, -0.2) is 40.4 Å². The molecule has 1 fully saturated rings. The van der Waals surface area contributed by atoms with E-state index in [4.69, 9.17) is 4.74 Å². The fourth-order valence-electron chi connectivity index (χ4n) is 2.99. The van der Waals surface area contributed by atoms with Gasteiger partial charge in [0.1, 0.15) is 18.2 Å². The molecule has 1 heterocycles. The molecule has 0 unspecified atom stereocenters. The van der Waals surface area contributed by atoms with Crippen molar-refractivity contribution in [3.05, 3.63) is 42.1 Å². The number of nitrogens with one attached hydrogen (secondary N) is 2. The van der Waals surface area contributed by atoms with Crippen LogP contribution in [-0.2, 0) is 0 Å². The highest BCUT2D eigenvalue weighted by atomic mass is 16.5. The Bertz CT molecular complexity index is 658. The lowest BCUT2D eigenvalue weighted by molar-refractivity contribution is 0.126. The van der Waals surface area contributed by atoms with Crippen molar-refractivity contribution in [3.8, 4) is 5.75 Å². The van der Waals surface area contributed by atoms with Gasteiger partial charge in [-0.05, 0) is 44.7 Å². The van der Waals surface area contributed by atoms with Crippen molar-refractivity contribution in [1.29, 1.82) is 0 Å². The Morgan fingerprint density at radius 2 is 1.88 bits per heavy atom. The molecule has 6 heteroatoms. The van der Waals surface area contributed by atoms with E-state index in [1.54, 1.807) is 0 Å². The smallest absolute Gasteiger partial charge is 0.225 e. The summed E-state index contributed by atoms with van der Waals surface area (Å²) in [5, 5.41) is 16.3. The molecule has 1 aromatic heterocycles. The fraction of sp³-hybridized carbons (Fsp3) is 0.474. The number of nitrogens with zero attached hydrogens (tertiary/aromatic N) is 2. The van der Waals surface area contributed by atoms with Crippen molar-refractivity contribution in [2.45, 2.75) is 44.8 Å². The zero-order valence-corrected chi connectivity index (χ0v) is 14.6. The van der Waals surface area contributed by atoms with Crippen LogP contribution in [0.5, 0.6) is 5.75 Å². The van der Waals surface area contributed by atoms with Gasteiger partial charge >= 0.3 is 0 Å². The second-order valence-corrected chi connectivity index (χ2v) is 6.46. The number of ether oxygens (including phenoxy) is 1. The number of aliphatic hydroxyl groups is 1. The minimum Gasteiger partial charge on any atom is -0.492 e. The number of para-hydroxylation sites is 1. The van der Waals surface area contributed by atoms with Gasteiger partial charge in [0.15, 0.2) is 0 Å². The summed E-state index contributed by atoms with van der Waals surface area (Å²) in [7, 11) is 0. The number of rotatable bonds is 7. The summed E-state index contributed by atoms with van der Waals surface area (Å²) in [4.78, 5) is 9.01. The normalized spacial score (nSPS) is 20.1. The zero-order chi connectivity index (χ0) is 17.5. The van der Waals surface area contributed by atoms with Gasteiger partial charge in [-0.1, -0.05) is 18.2 Å². The van der Waals surface area contributed by atoms with Crippen LogP contribution in [0.2, 0.25) is 0 Å². The fourth-order valence-corrected chi connectivity index (χ4v) is 2.99. The largest absolute Gasteiger partial charge is 0.492 e. The van der Waals surface area contributed by atoms with Gasteiger partial charge in [-0.15, -0.1) is 0 Å². The third kappa shape index (κ3) is 5.60. The maximum atomic E-state index is 9.60.